The van der Waals surface area contributed by atoms with Crippen molar-refractivity contribution in [3.63, 3.8) is 0 Å². The fraction of sp³-hybridized carbons (Fsp3) is 0.238. The minimum atomic E-state index is -4.95. The first kappa shape index (κ1) is 23.1. The van der Waals surface area contributed by atoms with Gasteiger partial charge in [-0.3, -0.25) is 0 Å². The Labute approximate surface area is 177 Å². The second kappa shape index (κ2) is 8.54. The van der Waals surface area contributed by atoms with Gasteiger partial charge in [-0.1, -0.05) is 36.4 Å². The number of sulfonamides is 1. The molecule has 0 amide bonds. The van der Waals surface area contributed by atoms with Gasteiger partial charge in [-0.15, -0.1) is 0 Å². The summed E-state index contributed by atoms with van der Waals surface area (Å²) in [4.78, 5) is 0. The summed E-state index contributed by atoms with van der Waals surface area (Å²) in [6, 6.07) is 11.0. The van der Waals surface area contributed by atoms with Crippen LogP contribution in [0.5, 0.6) is 0 Å². The largest absolute Gasteiger partial charge is 0.408 e. The molecule has 166 valence electrons. The van der Waals surface area contributed by atoms with Gasteiger partial charge in [0, 0.05) is 29.8 Å². The summed E-state index contributed by atoms with van der Waals surface area (Å²) in [6.45, 7) is -0.364. The number of rotatable bonds is 6. The van der Waals surface area contributed by atoms with Crippen molar-refractivity contribution < 1.29 is 31.1 Å². The van der Waals surface area contributed by atoms with E-state index in [9.17, 15) is 31.1 Å². The van der Waals surface area contributed by atoms with Crippen molar-refractivity contribution in [2.75, 3.05) is 18.8 Å². The molecule has 1 aliphatic heterocycles. The predicted molar refractivity (Wildman–Crippen MR) is 110 cm³/mol. The number of benzene rings is 2. The molecule has 0 saturated carbocycles. The molecule has 5 nitrogen and oxygen atoms in total. The third-order valence-corrected chi connectivity index (χ3v) is 7.13. The molecular formula is C21H21F4N2O3S+. The predicted octanol–water partition coefficient (Wildman–Crippen LogP) is 3.52. The van der Waals surface area contributed by atoms with E-state index in [1.807, 2.05) is 0 Å². The number of hydrogen-bond acceptors (Lipinski definition) is 4. The van der Waals surface area contributed by atoms with Crippen LogP contribution in [0, 0.1) is 5.82 Å². The van der Waals surface area contributed by atoms with Crippen molar-refractivity contribution in [3.05, 3.63) is 89.4 Å². The van der Waals surface area contributed by atoms with E-state index < -0.39 is 37.8 Å². The second-order valence-electron chi connectivity index (χ2n) is 7.15. The van der Waals surface area contributed by atoms with Crippen LogP contribution < -0.4 is 9.62 Å². The molecule has 2 aromatic carbocycles. The van der Waals surface area contributed by atoms with Gasteiger partial charge in [0.25, 0.3) is 0 Å². The molecular weight excluding hydrogens is 436 g/mol. The van der Waals surface area contributed by atoms with E-state index in [4.69, 9.17) is 5.73 Å². The first-order valence-corrected chi connectivity index (χ1v) is 10.9. The molecule has 0 aliphatic carbocycles. The quantitative estimate of drug-likeness (QED) is 0.514. The molecule has 3 N–H and O–H groups in total. The Bertz CT molecular complexity index is 1130. The Hall–Kier alpha value is -2.53. The summed E-state index contributed by atoms with van der Waals surface area (Å²) < 4.78 is 78.3. The average Bonchev–Trinajstić information content (AvgIpc) is 2.72. The summed E-state index contributed by atoms with van der Waals surface area (Å²) in [5.74, 6) is -2.71. The van der Waals surface area contributed by atoms with E-state index in [-0.39, 0.29) is 29.9 Å². The smallest absolute Gasteiger partial charge is 0.384 e. The molecule has 0 radical (unpaired) electrons. The van der Waals surface area contributed by atoms with Gasteiger partial charge in [-0.25, -0.2) is 4.39 Å². The van der Waals surface area contributed by atoms with Crippen molar-refractivity contribution >= 4 is 15.7 Å². The maximum absolute atomic E-state index is 14.1. The van der Waals surface area contributed by atoms with Gasteiger partial charge in [0.1, 0.15) is 24.7 Å². The van der Waals surface area contributed by atoms with Crippen LogP contribution >= 0.6 is 0 Å². The van der Waals surface area contributed by atoms with E-state index in [1.165, 1.54) is 54.7 Å². The highest BCUT2D eigenvalue weighted by Crippen LogP contribution is 2.37. The molecule has 0 saturated heterocycles. The number of aliphatic hydroxyl groups is 1. The molecule has 2 unspecified atom stereocenters. The zero-order valence-electron chi connectivity index (χ0n) is 16.3. The van der Waals surface area contributed by atoms with Crippen LogP contribution in [0.4, 0.5) is 23.2 Å². The number of aliphatic hydroxyl groups excluding tert-OH is 1. The third kappa shape index (κ3) is 4.72. The molecule has 10 heteroatoms. The summed E-state index contributed by atoms with van der Waals surface area (Å²) in [5.41, 5.74) is 6.04. The summed E-state index contributed by atoms with van der Waals surface area (Å²) >= 11 is 0. The number of alkyl halides is 3. The monoisotopic (exact) mass is 457 g/mol. The number of nitrogens with two attached hydrogens (primary N) is 1. The maximum Gasteiger partial charge on any atom is 0.408 e. The Morgan fingerprint density at radius 2 is 1.84 bits per heavy atom. The van der Waals surface area contributed by atoms with Crippen LogP contribution in [-0.2, 0) is 10.0 Å². The lowest BCUT2D eigenvalue weighted by Gasteiger charge is -2.35. The minimum absolute atomic E-state index is 0.0209. The summed E-state index contributed by atoms with van der Waals surface area (Å²) in [6.07, 6.45) is -2.22. The molecule has 0 fully saturated rings. The average molecular weight is 457 g/mol. The lowest BCUT2D eigenvalue weighted by Crippen LogP contribution is -2.54. The summed E-state index contributed by atoms with van der Waals surface area (Å²) in [5, 5.41) is 10.6. The molecule has 0 aromatic heterocycles. The van der Waals surface area contributed by atoms with Crippen LogP contribution in [0.3, 0.4) is 0 Å². The van der Waals surface area contributed by atoms with Crippen LogP contribution in [0.1, 0.15) is 17.2 Å². The zero-order chi connectivity index (χ0) is 22.9. The van der Waals surface area contributed by atoms with E-state index >= 15 is 0 Å². The molecule has 2 atom stereocenters. The van der Waals surface area contributed by atoms with E-state index in [0.29, 0.717) is 5.57 Å². The van der Waals surface area contributed by atoms with Crippen LogP contribution in [0.2, 0.25) is 0 Å². The lowest BCUT2D eigenvalue weighted by molar-refractivity contribution is -0.106. The fourth-order valence-electron chi connectivity index (χ4n) is 3.51. The third-order valence-electron chi connectivity index (χ3n) is 4.98. The highest BCUT2D eigenvalue weighted by atomic mass is 32.2. The fourth-order valence-corrected chi connectivity index (χ4v) is 5.20. The molecule has 2 aromatic rings. The number of halogens is 4. The van der Waals surface area contributed by atoms with Crippen LogP contribution in [0.15, 0.2) is 72.5 Å². The molecule has 0 bridgehead atoms. The Kier molecular flexibility index (Phi) is 6.38. The van der Waals surface area contributed by atoms with Gasteiger partial charge in [0.05, 0.1) is 0 Å². The van der Waals surface area contributed by atoms with Crippen molar-refractivity contribution in [2.45, 2.75) is 12.3 Å². The zero-order valence-corrected chi connectivity index (χ0v) is 17.1. The highest BCUT2D eigenvalue weighted by molar-refractivity contribution is 7.91. The second-order valence-corrected chi connectivity index (χ2v) is 9.25. The highest BCUT2D eigenvalue weighted by Gasteiger charge is 2.50. The van der Waals surface area contributed by atoms with Crippen LogP contribution in [0.25, 0.3) is 0 Å². The molecule has 1 heterocycles. The SMILES string of the molecule is NCC1=C[N+](c2cccc(C(O)c3ccccc3F)c2)(S(=O)(=O)CC(F)(F)F)CC=C1. The first-order chi connectivity index (χ1) is 14.5. The van der Waals surface area contributed by atoms with Crippen molar-refractivity contribution in [2.24, 2.45) is 5.73 Å². The Balaban J connectivity index is 2.16. The van der Waals surface area contributed by atoms with E-state index in [1.54, 1.807) is 6.08 Å². The number of nitrogens with zero attached hydrogens (tertiary/aromatic N) is 1. The van der Waals surface area contributed by atoms with Gasteiger partial charge >= 0.3 is 16.2 Å². The van der Waals surface area contributed by atoms with Gasteiger partial charge in [-0.05, 0) is 17.7 Å². The van der Waals surface area contributed by atoms with Crippen molar-refractivity contribution in [1.29, 1.82) is 0 Å². The normalized spacial score (nSPS) is 20.4. The maximum atomic E-state index is 14.1. The van der Waals surface area contributed by atoms with E-state index in [2.05, 4.69) is 0 Å². The standard InChI is InChI=1S/C21H21F4N2O3S/c22-19-9-2-1-8-18(19)20(28)16-6-3-7-17(11-16)27(10-4-5-15(12-26)13-27)31(29,30)14-21(23,24)25/h1-9,11,13,20,28H,10,12,14,26H2/q+1. The Morgan fingerprint density at radius 3 is 2.48 bits per heavy atom. The molecule has 31 heavy (non-hydrogen) atoms. The van der Waals surface area contributed by atoms with Gasteiger partial charge in [-0.2, -0.15) is 25.5 Å². The van der Waals surface area contributed by atoms with Gasteiger partial charge < -0.3 is 10.8 Å². The molecule has 1 aliphatic rings. The van der Waals surface area contributed by atoms with Crippen molar-refractivity contribution in [1.82, 2.24) is 3.89 Å². The Morgan fingerprint density at radius 1 is 1.13 bits per heavy atom. The lowest BCUT2D eigenvalue weighted by atomic mass is 10.00. The van der Waals surface area contributed by atoms with E-state index in [0.717, 1.165) is 6.07 Å². The first-order valence-electron chi connectivity index (χ1n) is 9.28. The number of hydrogen-bond donors (Lipinski definition) is 2. The number of quaternary nitrogens is 1. The van der Waals surface area contributed by atoms with Crippen molar-refractivity contribution in [3.8, 4) is 0 Å². The molecule has 0 spiro atoms. The summed E-state index contributed by atoms with van der Waals surface area (Å²) in [7, 11) is -4.84. The topological polar surface area (TPSA) is 80.4 Å². The minimum Gasteiger partial charge on any atom is -0.384 e. The van der Waals surface area contributed by atoms with Gasteiger partial charge in [0.15, 0.2) is 11.4 Å². The van der Waals surface area contributed by atoms with Gasteiger partial charge in [0.2, 0.25) is 0 Å². The van der Waals surface area contributed by atoms with Crippen LogP contribution in [-0.4, -0.2) is 38.5 Å². The molecule has 3 rings (SSSR count).